The fraction of sp³-hybridized carbons (Fsp3) is 0.0909. The van der Waals surface area contributed by atoms with Crippen molar-refractivity contribution in [3.63, 3.8) is 0 Å². The van der Waals surface area contributed by atoms with Crippen molar-refractivity contribution < 1.29 is 14.7 Å². The van der Waals surface area contributed by atoms with Gasteiger partial charge >= 0.3 is 5.97 Å². The minimum atomic E-state index is -1.10. The van der Waals surface area contributed by atoms with Gasteiger partial charge < -0.3 is 15.7 Å². The minimum Gasteiger partial charge on any atom is -0.478 e. The highest BCUT2D eigenvalue weighted by Gasteiger charge is 2.24. The van der Waals surface area contributed by atoms with Gasteiger partial charge in [0.1, 0.15) is 0 Å². The summed E-state index contributed by atoms with van der Waals surface area (Å²) in [7, 11) is 0. The molecule has 1 aromatic carbocycles. The number of carboxylic acid groups (broad SMARTS) is 1. The van der Waals surface area contributed by atoms with Crippen molar-refractivity contribution in [1.82, 2.24) is 10.6 Å². The van der Waals surface area contributed by atoms with Gasteiger partial charge in [0.15, 0.2) is 6.17 Å². The van der Waals surface area contributed by atoms with E-state index in [2.05, 4.69) is 10.6 Å². The summed E-state index contributed by atoms with van der Waals surface area (Å²) in [5.41, 5.74) is 0.215. The third kappa shape index (κ3) is 1.75. The van der Waals surface area contributed by atoms with Crippen molar-refractivity contribution >= 4 is 11.8 Å². The summed E-state index contributed by atoms with van der Waals surface area (Å²) < 4.78 is 0. The Morgan fingerprint density at radius 2 is 1.62 bits per heavy atom. The zero-order chi connectivity index (χ0) is 11.5. The summed E-state index contributed by atoms with van der Waals surface area (Å²) in [6.45, 7) is 0. The van der Waals surface area contributed by atoms with Crippen LogP contribution in [0.25, 0.3) is 0 Å². The molecule has 0 fully saturated rings. The molecule has 5 heteroatoms. The Labute approximate surface area is 91.8 Å². The molecular weight excluding hydrogens is 208 g/mol. The van der Waals surface area contributed by atoms with E-state index in [9.17, 15) is 9.59 Å². The SMILES string of the molecule is O=C(O)c1ccccc1C(=O)C1NC=CN1. The van der Waals surface area contributed by atoms with Gasteiger partial charge in [-0.15, -0.1) is 0 Å². The summed E-state index contributed by atoms with van der Waals surface area (Å²) >= 11 is 0. The molecule has 1 aliphatic heterocycles. The average molecular weight is 218 g/mol. The Morgan fingerprint density at radius 3 is 2.19 bits per heavy atom. The predicted molar refractivity (Wildman–Crippen MR) is 56.9 cm³/mol. The zero-order valence-corrected chi connectivity index (χ0v) is 8.31. The summed E-state index contributed by atoms with van der Waals surface area (Å²) in [6, 6.07) is 6.15. The van der Waals surface area contributed by atoms with Crippen molar-refractivity contribution in [3.8, 4) is 0 Å². The number of benzene rings is 1. The monoisotopic (exact) mass is 218 g/mol. The number of rotatable bonds is 3. The maximum atomic E-state index is 11.9. The molecule has 0 atom stereocenters. The van der Waals surface area contributed by atoms with Crippen LogP contribution in [0.4, 0.5) is 0 Å². The maximum Gasteiger partial charge on any atom is 0.336 e. The lowest BCUT2D eigenvalue weighted by Crippen LogP contribution is -2.39. The van der Waals surface area contributed by atoms with Crippen molar-refractivity contribution in [3.05, 3.63) is 47.8 Å². The molecule has 3 N–H and O–H groups in total. The predicted octanol–water partition coefficient (Wildman–Crippen LogP) is 0.558. The van der Waals surface area contributed by atoms with Gasteiger partial charge in [0.2, 0.25) is 5.78 Å². The fourth-order valence-corrected chi connectivity index (χ4v) is 1.53. The second kappa shape index (κ2) is 4.06. The molecule has 0 spiro atoms. The van der Waals surface area contributed by atoms with Crippen LogP contribution in [0, 0.1) is 0 Å². The minimum absolute atomic E-state index is 0.0167. The molecule has 0 aliphatic carbocycles. The molecule has 16 heavy (non-hydrogen) atoms. The molecule has 1 aromatic rings. The zero-order valence-electron chi connectivity index (χ0n) is 8.31. The van der Waals surface area contributed by atoms with Crippen LogP contribution >= 0.6 is 0 Å². The molecule has 0 aromatic heterocycles. The van der Waals surface area contributed by atoms with Crippen LogP contribution in [0.5, 0.6) is 0 Å². The smallest absolute Gasteiger partial charge is 0.336 e. The van der Waals surface area contributed by atoms with Crippen molar-refractivity contribution in [2.24, 2.45) is 0 Å². The number of ketones is 1. The Kier molecular flexibility index (Phi) is 2.59. The number of carbonyl (C=O) groups excluding carboxylic acids is 1. The molecule has 0 saturated carbocycles. The standard InChI is InChI=1S/C11H10N2O3/c14-9(10-12-5-6-13-10)7-3-1-2-4-8(7)11(15)16/h1-6,10,12-13H,(H,15,16). The number of hydrogen-bond donors (Lipinski definition) is 3. The molecule has 82 valence electrons. The normalized spacial score (nSPS) is 14.2. The topological polar surface area (TPSA) is 78.4 Å². The Bertz CT molecular complexity index is 460. The van der Waals surface area contributed by atoms with Gasteiger partial charge in [-0.3, -0.25) is 4.79 Å². The molecule has 0 saturated heterocycles. The van der Waals surface area contributed by atoms with E-state index in [1.54, 1.807) is 24.5 Å². The summed E-state index contributed by atoms with van der Waals surface area (Å²) in [6.07, 6.45) is 2.62. The molecular formula is C11H10N2O3. The van der Waals surface area contributed by atoms with Gasteiger partial charge in [0.25, 0.3) is 0 Å². The number of carboxylic acids is 1. The van der Waals surface area contributed by atoms with Crippen molar-refractivity contribution in [2.75, 3.05) is 0 Å². The molecule has 0 radical (unpaired) electrons. The van der Waals surface area contributed by atoms with E-state index in [0.717, 1.165) is 0 Å². The Morgan fingerprint density at radius 1 is 1.06 bits per heavy atom. The van der Waals surface area contributed by atoms with E-state index in [-0.39, 0.29) is 16.9 Å². The summed E-state index contributed by atoms with van der Waals surface area (Å²) in [4.78, 5) is 22.9. The second-order valence-corrected chi connectivity index (χ2v) is 3.31. The highest BCUT2D eigenvalue weighted by Crippen LogP contribution is 2.11. The lowest BCUT2D eigenvalue weighted by atomic mass is 10.0. The molecule has 5 nitrogen and oxygen atoms in total. The van der Waals surface area contributed by atoms with Crippen molar-refractivity contribution in [1.29, 1.82) is 0 Å². The summed E-state index contributed by atoms with van der Waals surface area (Å²) in [5, 5.41) is 14.5. The first kappa shape index (κ1) is 10.2. The maximum absolute atomic E-state index is 11.9. The molecule has 1 heterocycles. The number of carbonyl (C=O) groups is 2. The number of Topliss-reactive ketones (excluding diaryl/α,β-unsaturated/α-hetero) is 1. The van der Waals surface area contributed by atoms with Gasteiger partial charge in [-0.1, -0.05) is 18.2 Å². The van der Waals surface area contributed by atoms with Gasteiger partial charge in [0.05, 0.1) is 5.56 Å². The van der Waals surface area contributed by atoms with E-state index < -0.39 is 12.1 Å². The van der Waals surface area contributed by atoms with Crippen LogP contribution < -0.4 is 10.6 Å². The lowest BCUT2D eigenvalue weighted by molar-refractivity contribution is 0.0691. The van der Waals surface area contributed by atoms with E-state index in [1.807, 2.05) is 0 Å². The van der Waals surface area contributed by atoms with Crippen molar-refractivity contribution in [2.45, 2.75) is 6.17 Å². The van der Waals surface area contributed by atoms with E-state index in [0.29, 0.717) is 0 Å². The number of hydrogen-bond acceptors (Lipinski definition) is 4. The van der Waals surface area contributed by atoms with Crippen LogP contribution in [0.3, 0.4) is 0 Å². The van der Waals surface area contributed by atoms with E-state index >= 15 is 0 Å². The van der Waals surface area contributed by atoms with Crippen LogP contribution in [-0.4, -0.2) is 23.0 Å². The lowest BCUT2D eigenvalue weighted by Gasteiger charge is -2.12. The Balaban J connectivity index is 2.32. The molecule has 1 aliphatic rings. The number of nitrogens with one attached hydrogen (secondary N) is 2. The van der Waals surface area contributed by atoms with Crippen LogP contribution in [0.15, 0.2) is 36.7 Å². The summed E-state index contributed by atoms with van der Waals surface area (Å²) in [5.74, 6) is -1.39. The second-order valence-electron chi connectivity index (χ2n) is 3.31. The van der Waals surface area contributed by atoms with E-state index in [4.69, 9.17) is 5.11 Å². The highest BCUT2D eigenvalue weighted by atomic mass is 16.4. The first-order valence-corrected chi connectivity index (χ1v) is 4.74. The quantitative estimate of drug-likeness (QED) is 0.646. The first-order chi connectivity index (χ1) is 7.70. The van der Waals surface area contributed by atoms with Crippen LogP contribution in [-0.2, 0) is 0 Å². The largest absolute Gasteiger partial charge is 0.478 e. The first-order valence-electron chi connectivity index (χ1n) is 4.74. The average Bonchev–Trinajstić information content (AvgIpc) is 2.81. The van der Waals surface area contributed by atoms with Crippen LogP contribution in [0.2, 0.25) is 0 Å². The van der Waals surface area contributed by atoms with E-state index in [1.165, 1.54) is 12.1 Å². The molecule has 2 rings (SSSR count). The highest BCUT2D eigenvalue weighted by molar-refractivity contribution is 6.08. The van der Waals surface area contributed by atoms with Gasteiger partial charge in [-0.25, -0.2) is 4.79 Å². The van der Waals surface area contributed by atoms with Crippen LogP contribution in [0.1, 0.15) is 20.7 Å². The third-order valence-electron chi connectivity index (χ3n) is 2.29. The Hall–Kier alpha value is -2.30. The van der Waals surface area contributed by atoms with Gasteiger partial charge in [0, 0.05) is 18.0 Å². The van der Waals surface area contributed by atoms with Gasteiger partial charge in [-0.2, -0.15) is 0 Å². The fourth-order valence-electron chi connectivity index (χ4n) is 1.53. The molecule has 0 unspecified atom stereocenters. The number of aromatic carboxylic acids is 1. The molecule has 0 bridgehead atoms. The molecule has 0 amide bonds. The third-order valence-corrected chi connectivity index (χ3v) is 2.29. The van der Waals surface area contributed by atoms with Gasteiger partial charge in [-0.05, 0) is 6.07 Å².